The van der Waals surface area contributed by atoms with Crippen LogP contribution in [0.4, 0.5) is 0 Å². The fraction of sp³-hybridized carbons (Fsp3) is 0.318. The van der Waals surface area contributed by atoms with Crippen LogP contribution in [0, 0.1) is 0 Å². The van der Waals surface area contributed by atoms with Gasteiger partial charge in [-0.25, -0.2) is 4.98 Å². The number of aromatic amines is 1. The van der Waals surface area contributed by atoms with E-state index in [2.05, 4.69) is 16.9 Å². The van der Waals surface area contributed by atoms with E-state index in [-0.39, 0.29) is 24.6 Å². The molecule has 0 fully saturated rings. The van der Waals surface area contributed by atoms with Gasteiger partial charge in [0, 0.05) is 6.54 Å². The van der Waals surface area contributed by atoms with Crippen LogP contribution in [-0.2, 0) is 11.3 Å². The van der Waals surface area contributed by atoms with Gasteiger partial charge in [-0.15, -0.1) is 0 Å². The molecule has 1 aromatic heterocycles. The summed E-state index contributed by atoms with van der Waals surface area (Å²) >= 11 is 0. The first kappa shape index (κ1) is 19.0. The van der Waals surface area contributed by atoms with Crippen LogP contribution in [0.5, 0.6) is 11.5 Å². The smallest absolute Gasteiger partial charge is 0.267 e. The number of unbranched alkanes of at least 4 members (excludes halogenated alkanes) is 1. The molecule has 4 rings (SSSR count). The third-order valence-corrected chi connectivity index (χ3v) is 4.88. The summed E-state index contributed by atoms with van der Waals surface area (Å²) in [5.74, 6) is 1.47. The second-order valence-electron chi connectivity index (χ2n) is 7.01. The number of ether oxygens (including phenoxy) is 2. The zero-order valence-electron chi connectivity index (χ0n) is 16.3. The van der Waals surface area contributed by atoms with E-state index in [0.717, 1.165) is 12.8 Å². The summed E-state index contributed by atoms with van der Waals surface area (Å²) in [5, 5.41) is 0.531. The van der Waals surface area contributed by atoms with Crippen molar-refractivity contribution in [1.29, 1.82) is 0 Å². The number of nitrogens with zero attached hydrogens (tertiary/aromatic N) is 2. The minimum Gasteiger partial charge on any atom is -0.485 e. The minimum atomic E-state index is -0.728. The lowest BCUT2D eigenvalue weighted by Crippen LogP contribution is -2.46. The zero-order chi connectivity index (χ0) is 20.2. The molecule has 0 bridgehead atoms. The lowest BCUT2D eigenvalue weighted by Gasteiger charge is -2.30. The first-order valence-electron chi connectivity index (χ1n) is 9.81. The summed E-state index contributed by atoms with van der Waals surface area (Å²) in [6, 6.07) is 14.5. The predicted molar refractivity (Wildman–Crippen MR) is 109 cm³/mol. The van der Waals surface area contributed by atoms with Crippen molar-refractivity contribution in [2.24, 2.45) is 0 Å². The minimum absolute atomic E-state index is 0.153. The van der Waals surface area contributed by atoms with Crippen molar-refractivity contribution >= 4 is 16.8 Å². The Balaban J connectivity index is 1.56. The number of aromatic nitrogens is 2. The Morgan fingerprint density at radius 3 is 2.76 bits per heavy atom. The summed E-state index contributed by atoms with van der Waals surface area (Å²) in [5.41, 5.74) is 0.403. The van der Waals surface area contributed by atoms with Crippen LogP contribution in [-0.4, -0.2) is 40.0 Å². The van der Waals surface area contributed by atoms with E-state index >= 15 is 0 Å². The average Bonchev–Trinajstić information content (AvgIpc) is 2.76. The molecule has 29 heavy (non-hydrogen) atoms. The van der Waals surface area contributed by atoms with Crippen LogP contribution in [0.2, 0.25) is 0 Å². The van der Waals surface area contributed by atoms with Crippen LogP contribution < -0.4 is 15.0 Å². The van der Waals surface area contributed by atoms with Crippen molar-refractivity contribution in [3.05, 3.63) is 64.7 Å². The average molecular weight is 393 g/mol. The van der Waals surface area contributed by atoms with E-state index in [1.807, 2.05) is 24.3 Å². The Hall–Kier alpha value is -3.35. The lowest BCUT2D eigenvalue weighted by molar-refractivity contribution is -0.142. The molecule has 1 aliphatic rings. The van der Waals surface area contributed by atoms with Gasteiger partial charge in [0.15, 0.2) is 11.5 Å². The highest BCUT2D eigenvalue weighted by Crippen LogP contribution is 2.31. The molecule has 7 heteroatoms. The molecular formula is C22H23N3O4. The number of H-pyrrole nitrogens is 1. The molecule has 0 radical (unpaired) electrons. The molecule has 0 saturated carbocycles. The molecule has 1 atom stereocenters. The molecule has 1 N–H and O–H groups in total. The SMILES string of the molecule is CCCCN(Cc1nc2ccccc2c(=O)[nH]1)C(=O)[C@H]1COc2ccccc2O1. The lowest BCUT2D eigenvalue weighted by atomic mass is 10.2. The monoisotopic (exact) mass is 393 g/mol. The second-order valence-corrected chi connectivity index (χ2v) is 7.01. The number of rotatable bonds is 6. The van der Waals surface area contributed by atoms with E-state index in [0.29, 0.717) is 34.8 Å². The summed E-state index contributed by atoms with van der Waals surface area (Å²) in [7, 11) is 0. The van der Waals surface area contributed by atoms with Gasteiger partial charge in [0.25, 0.3) is 11.5 Å². The molecule has 0 spiro atoms. The standard InChI is InChI=1S/C22H23N3O4/c1-2-3-12-25(13-20-23-16-9-5-4-8-15(16)21(26)24-20)22(27)19-14-28-17-10-6-7-11-18(17)29-19/h4-11,19H,2-3,12-14H2,1H3,(H,23,24,26)/t19-/m1/s1. The van der Waals surface area contributed by atoms with Gasteiger partial charge in [0.05, 0.1) is 17.4 Å². The Kier molecular flexibility index (Phi) is 5.46. The first-order valence-corrected chi connectivity index (χ1v) is 9.81. The van der Waals surface area contributed by atoms with Gasteiger partial charge in [0.1, 0.15) is 12.4 Å². The van der Waals surface area contributed by atoms with Gasteiger partial charge in [-0.2, -0.15) is 0 Å². The summed E-state index contributed by atoms with van der Waals surface area (Å²) < 4.78 is 11.6. The van der Waals surface area contributed by atoms with E-state index in [4.69, 9.17) is 9.47 Å². The van der Waals surface area contributed by atoms with Gasteiger partial charge in [-0.3, -0.25) is 9.59 Å². The number of nitrogens with one attached hydrogen (secondary N) is 1. The topological polar surface area (TPSA) is 84.5 Å². The van der Waals surface area contributed by atoms with Crippen LogP contribution >= 0.6 is 0 Å². The fourth-order valence-electron chi connectivity index (χ4n) is 3.35. The van der Waals surface area contributed by atoms with Gasteiger partial charge in [0.2, 0.25) is 6.10 Å². The number of carbonyl (C=O) groups excluding carboxylic acids is 1. The van der Waals surface area contributed by atoms with Gasteiger partial charge in [-0.05, 0) is 30.7 Å². The molecule has 150 valence electrons. The fourth-order valence-corrected chi connectivity index (χ4v) is 3.35. The Morgan fingerprint density at radius 1 is 1.17 bits per heavy atom. The van der Waals surface area contributed by atoms with Crippen LogP contribution in [0.3, 0.4) is 0 Å². The molecule has 2 heterocycles. The van der Waals surface area contributed by atoms with E-state index in [1.54, 1.807) is 29.2 Å². The van der Waals surface area contributed by atoms with Crippen molar-refractivity contribution in [3.8, 4) is 11.5 Å². The number of amides is 1. The van der Waals surface area contributed by atoms with Crippen LogP contribution in [0.15, 0.2) is 53.3 Å². The Bertz CT molecular complexity index is 1080. The molecular weight excluding hydrogens is 370 g/mol. The van der Waals surface area contributed by atoms with E-state index in [1.165, 1.54) is 0 Å². The first-order chi connectivity index (χ1) is 14.2. The summed E-state index contributed by atoms with van der Waals surface area (Å²) in [6.45, 7) is 2.98. The maximum absolute atomic E-state index is 13.2. The number of fused-ring (bicyclic) bond motifs is 2. The molecule has 2 aromatic carbocycles. The molecule has 0 unspecified atom stereocenters. The van der Waals surface area contributed by atoms with Crippen molar-refractivity contribution in [2.75, 3.05) is 13.2 Å². The van der Waals surface area contributed by atoms with Crippen LogP contribution in [0.25, 0.3) is 10.9 Å². The summed E-state index contributed by atoms with van der Waals surface area (Å²) in [4.78, 5) is 34.5. The number of benzene rings is 2. The van der Waals surface area contributed by atoms with Crippen molar-refractivity contribution < 1.29 is 14.3 Å². The van der Waals surface area contributed by atoms with E-state index in [9.17, 15) is 9.59 Å². The quantitative estimate of drug-likeness (QED) is 0.696. The van der Waals surface area contributed by atoms with Crippen LogP contribution in [0.1, 0.15) is 25.6 Å². The number of hydrogen-bond donors (Lipinski definition) is 1. The highest BCUT2D eigenvalue weighted by Gasteiger charge is 2.31. The maximum atomic E-state index is 13.2. The molecule has 3 aromatic rings. The molecule has 1 amide bonds. The van der Waals surface area contributed by atoms with Gasteiger partial charge in [-0.1, -0.05) is 37.6 Å². The summed E-state index contributed by atoms with van der Waals surface area (Å²) in [6.07, 6.45) is 1.05. The third-order valence-electron chi connectivity index (χ3n) is 4.88. The number of para-hydroxylation sites is 3. The highest BCUT2D eigenvalue weighted by atomic mass is 16.6. The predicted octanol–water partition coefficient (Wildman–Crippen LogP) is 2.89. The zero-order valence-corrected chi connectivity index (χ0v) is 16.3. The van der Waals surface area contributed by atoms with Crippen molar-refractivity contribution in [3.63, 3.8) is 0 Å². The third kappa shape index (κ3) is 4.08. The molecule has 7 nitrogen and oxygen atoms in total. The number of carbonyl (C=O) groups is 1. The Morgan fingerprint density at radius 2 is 1.93 bits per heavy atom. The normalized spacial score (nSPS) is 15.3. The van der Waals surface area contributed by atoms with Crippen molar-refractivity contribution in [1.82, 2.24) is 14.9 Å². The highest BCUT2D eigenvalue weighted by molar-refractivity contribution is 5.82. The van der Waals surface area contributed by atoms with Gasteiger partial charge < -0.3 is 19.4 Å². The van der Waals surface area contributed by atoms with Crippen molar-refractivity contribution in [2.45, 2.75) is 32.4 Å². The second kappa shape index (κ2) is 8.34. The largest absolute Gasteiger partial charge is 0.485 e. The molecule has 0 aliphatic carbocycles. The maximum Gasteiger partial charge on any atom is 0.267 e. The Labute approximate surface area is 168 Å². The molecule has 1 aliphatic heterocycles. The van der Waals surface area contributed by atoms with Gasteiger partial charge >= 0.3 is 0 Å². The number of hydrogen-bond acceptors (Lipinski definition) is 5. The van der Waals surface area contributed by atoms with E-state index < -0.39 is 6.10 Å². The molecule has 0 saturated heterocycles.